The molecule has 0 heterocycles. The zero-order valence-electron chi connectivity index (χ0n) is 5.03. The van der Waals surface area contributed by atoms with Crippen LogP contribution in [0.3, 0.4) is 0 Å². The Labute approximate surface area is 52.2 Å². The zero-order chi connectivity index (χ0) is 6.70. The van der Waals surface area contributed by atoms with Gasteiger partial charge in [-0.2, -0.15) is 0 Å². The summed E-state index contributed by atoms with van der Waals surface area (Å²) in [6, 6.07) is 0. The molecule has 0 aromatic rings. The Hall–Kier alpha value is -0.180. The fourth-order valence-electron chi connectivity index (χ4n) is 1.74. The highest BCUT2D eigenvalue weighted by atomic mass is 19.3. The van der Waals surface area contributed by atoms with Crippen LogP contribution in [0.4, 0.5) is 8.78 Å². The van der Waals surface area contributed by atoms with Gasteiger partial charge in [0.1, 0.15) is 0 Å². The average molecular weight is 133 g/mol. The Kier molecular flexibility index (Phi) is 0.712. The number of alkyl halides is 2. The summed E-state index contributed by atoms with van der Waals surface area (Å²) >= 11 is 0. The monoisotopic (exact) mass is 133 g/mol. The minimum absolute atomic E-state index is 0.00810. The third-order valence-electron chi connectivity index (χ3n) is 2.64. The lowest BCUT2D eigenvalue weighted by molar-refractivity contribution is -0.0268. The van der Waals surface area contributed by atoms with Gasteiger partial charge in [0.15, 0.2) is 0 Å². The van der Waals surface area contributed by atoms with Crippen molar-refractivity contribution in [3.05, 3.63) is 0 Å². The van der Waals surface area contributed by atoms with E-state index in [2.05, 4.69) is 0 Å². The fourth-order valence-corrected chi connectivity index (χ4v) is 1.74. The van der Waals surface area contributed by atoms with E-state index < -0.39 is 11.5 Å². The van der Waals surface area contributed by atoms with Gasteiger partial charge in [-0.15, -0.1) is 0 Å². The van der Waals surface area contributed by atoms with Crippen molar-refractivity contribution < 1.29 is 8.78 Å². The lowest BCUT2D eigenvalue weighted by Gasteiger charge is -2.17. The SMILES string of the molecule is N[C@]12C[C@H]1CCC2(F)F. The summed E-state index contributed by atoms with van der Waals surface area (Å²) in [7, 11) is 0. The van der Waals surface area contributed by atoms with Crippen molar-refractivity contribution in [1.82, 2.24) is 0 Å². The smallest absolute Gasteiger partial charge is 0.266 e. The molecule has 9 heavy (non-hydrogen) atoms. The first-order chi connectivity index (χ1) is 4.06. The first kappa shape index (κ1) is 5.59. The molecule has 2 aliphatic rings. The van der Waals surface area contributed by atoms with Crippen LogP contribution in [0.5, 0.6) is 0 Å². The molecular formula is C6H9F2N. The average Bonchev–Trinajstić information content (AvgIpc) is 2.34. The van der Waals surface area contributed by atoms with Crippen LogP contribution < -0.4 is 5.73 Å². The Balaban J connectivity index is 2.28. The van der Waals surface area contributed by atoms with Crippen molar-refractivity contribution in [2.75, 3.05) is 0 Å². The molecule has 52 valence electrons. The van der Waals surface area contributed by atoms with Gasteiger partial charge in [-0.05, 0) is 18.8 Å². The third-order valence-corrected chi connectivity index (χ3v) is 2.64. The van der Waals surface area contributed by atoms with Crippen LogP contribution in [-0.2, 0) is 0 Å². The molecule has 2 rings (SSSR count). The lowest BCUT2D eigenvalue weighted by atomic mass is 10.1. The summed E-state index contributed by atoms with van der Waals surface area (Å²) in [5.41, 5.74) is 4.30. The van der Waals surface area contributed by atoms with Gasteiger partial charge in [0.2, 0.25) is 0 Å². The van der Waals surface area contributed by atoms with E-state index in [0.29, 0.717) is 12.8 Å². The van der Waals surface area contributed by atoms with Gasteiger partial charge in [0, 0.05) is 6.42 Å². The van der Waals surface area contributed by atoms with Gasteiger partial charge < -0.3 is 5.73 Å². The Bertz CT molecular complexity index is 152. The first-order valence-corrected chi connectivity index (χ1v) is 3.23. The predicted octanol–water partition coefficient (Wildman–Crippen LogP) is 1.13. The summed E-state index contributed by atoms with van der Waals surface area (Å²) in [5.74, 6) is -2.43. The third kappa shape index (κ3) is 0.467. The molecule has 0 spiro atoms. The van der Waals surface area contributed by atoms with Crippen LogP contribution in [0.1, 0.15) is 19.3 Å². The molecule has 0 bridgehead atoms. The quantitative estimate of drug-likeness (QED) is 0.526. The highest BCUT2D eigenvalue weighted by Crippen LogP contribution is 2.61. The second-order valence-corrected chi connectivity index (χ2v) is 3.18. The molecule has 0 unspecified atom stereocenters. The summed E-state index contributed by atoms with van der Waals surface area (Å²) < 4.78 is 25.3. The van der Waals surface area contributed by atoms with Crippen molar-refractivity contribution in [1.29, 1.82) is 0 Å². The second kappa shape index (κ2) is 1.15. The van der Waals surface area contributed by atoms with Crippen molar-refractivity contribution in [3.63, 3.8) is 0 Å². The molecular weight excluding hydrogens is 124 g/mol. The largest absolute Gasteiger partial charge is 0.320 e. The molecule has 0 radical (unpaired) electrons. The van der Waals surface area contributed by atoms with Crippen LogP contribution in [0, 0.1) is 5.92 Å². The van der Waals surface area contributed by atoms with E-state index in [-0.39, 0.29) is 12.3 Å². The highest BCUT2D eigenvalue weighted by Gasteiger charge is 2.70. The van der Waals surface area contributed by atoms with Crippen LogP contribution >= 0.6 is 0 Å². The number of fused-ring (bicyclic) bond motifs is 1. The fraction of sp³-hybridized carbons (Fsp3) is 1.00. The molecule has 0 aliphatic heterocycles. The number of rotatable bonds is 0. The van der Waals surface area contributed by atoms with Crippen molar-refractivity contribution >= 4 is 0 Å². The molecule has 2 aliphatic carbocycles. The summed E-state index contributed by atoms with van der Waals surface area (Å²) in [6.45, 7) is 0. The zero-order valence-corrected chi connectivity index (χ0v) is 5.03. The molecule has 2 N–H and O–H groups in total. The van der Waals surface area contributed by atoms with Crippen LogP contribution in [0.2, 0.25) is 0 Å². The van der Waals surface area contributed by atoms with E-state index in [0.717, 1.165) is 0 Å². The minimum atomic E-state index is -2.56. The summed E-state index contributed by atoms with van der Waals surface area (Å²) in [6.07, 6.45) is 1.18. The molecule has 2 saturated carbocycles. The molecule has 3 heteroatoms. The van der Waals surface area contributed by atoms with E-state index in [4.69, 9.17) is 5.73 Å². The Morgan fingerprint density at radius 1 is 1.44 bits per heavy atom. The molecule has 0 aromatic carbocycles. The van der Waals surface area contributed by atoms with Gasteiger partial charge in [-0.1, -0.05) is 0 Å². The molecule has 0 saturated heterocycles. The van der Waals surface area contributed by atoms with Crippen LogP contribution in [0.15, 0.2) is 0 Å². The maximum Gasteiger partial charge on any atom is 0.266 e. The van der Waals surface area contributed by atoms with Crippen LogP contribution in [-0.4, -0.2) is 11.5 Å². The van der Waals surface area contributed by atoms with E-state index in [1.165, 1.54) is 0 Å². The van der Waals surface area contributed by atoms with E-state index >= 15 is 0 Å². The summed E-state index contributed by atoms with van der Waals surface area (Å²) in [4.78, 5) is 0. The maximum absolute atomic E-state index is 12.6. The van der Waals surface area contributed by atoms with E-state index in [9.17, 15) is 8.78 Å². The van der Waals surface area contributed by atoms with Crippen molar-refractivity contribution in [3.8, 4) is 0 Å². The topological polar surface area (TPSA) is 26.0 Å². The number of halogens is 2. The maximum atomic E-state index is 12.6. The molecule has 1 nitrogen and oxygen atoms in total. The van der Waals surface area contributed by atoms with Gasteiger partial charge in [-0.25, -0.2) is 8.78 Å². The van der Waals surface area contributed by atoms with Gasteiger partial charge >= 0.3 is 0 Å². The number of hydrogen-bond donors (Lipinski definition) is 1. The second-order valence-electron chi connectivity index (χ2n) is 3.18. The van der Waals surface area contributed by atoms with Crippen LogP contribution in [0.25, 0.3) is 0 Å². The highest BCUT2D eigenvalue weighted by molar-refractivity contribution is 5.20. The predicted molar refractivity (Wildman–Crippen MR) is 29.2 cm³/mol. The number of nitrogens with two attached hydrogens (primary N) is 1. The molecule has 2 fully saturated rings. The molecule has 0 aromatic heterocycles. The van der Waals surface area contributed by atoms with Crippen molar-refractivity contribution in [2.45, 2.75) is 30.7 Å². The van der Waals surface area contributed by atoms with Gasteiger partial charge in [-0.3, -0.25) is 0 Å². The first-order valence-electron chi connectivity index (χ1n) is 3.23. The molecule has 0 amide bonds. The molecule has 2 atom stereocenters. The normalized spacial score (nSPS) is 53.0. The Morgan fingerprint density at radius 3 is 2.22 bits per heavy atom. The van der Waals surface area contributed by atoms with E-state index in [1.807, 2.05) is 0 Å². The van der Waals surface area contributed by atoms with Crippen molar-refractivity contribution in [2.24, 2.45) is 11.7 Å². The van der Waals surface area contributed by atoms with Gasteiger partial charge in [0.05, 0.1) is 5.54 Å². The standard InChI is InChI=1S/C6H9F2N/c7-6(8)2-1-4-3-5(4,6)9/h4H,1-3,9H2/t4-,5-/m1/s1. The minimum Gasteiger partial charge on any atom is -0.320 e. The van der Waals surface area contributed by atoms with Gasteiger partial charge in [0.25, 0.3) is 5.92 Å². The summed E-state index contributed by atoms with van der Waals surface area (Å²) in [5, 5.41) is 0. The Morgan fingerprint density at radius 2 is 2.11 bits per heavy atom. The lowest BCUT2D eigenvalue weighted by Crippen LogP contribution is -2.41. The van der Waals surface area contributed by atoms with E-state index in [1.54, 1.807) is 0 Å². The number of hydrogen-bond acceptors (Lipinski definition) is 1.